The Bertz CT molecular complexity index is 867. The van der Waals surface area contributed by atoms with Gasteiger partial charge in [0.05, 0.1) is 17.9 Å². The Morgan fingerprint density at radius 2 is 2.00 bits per heavy atom. The number of aryl methyl sites for hydroxylation is 1. The summed E-state index contributed by atoms with van der Waals surface area (Å²) in [6.45, 7) is 5.90. The lowest BCUT2D eigenvalue weighted by molar-refractivity contribution is -0.122. The molecule has 0 saturated carbocycles. The molecule has 1 fully saturated rings. The van der Waals surface area contributed by atoms with Gasteiger partial charge >= 0.3 is 0 Å². The standard InChI is InChI=1S/C21H29N5O4S/c1-16-23-19(24-30-16)15-31-18-7-4-3-6-17(18)21(28)26-11-9-25(10-12-26)14-20(27)22-8-5-13-29-2/h3-4,6-7H,5,8-15H2,1-2H3,(H,22,27). The number of methoxy groups -OCH3 is 1. The zero-order valence-electron chi connectivity index (χ0n) is 18.0. The van der Waals surface area contributed by atoms with E-state index < -0.39 is 0 Å². The Labute approximate surface area is 186 Å². The number of thioether (sulfide) groups is 1. The Kier molecular flexibility index (Phi) is 8.86. The molecule has 0 unspecified atom stereocenters. The van der Waals surface area contributed by atoms with Crippen LogP contribution in [0.1, 0.15) is 28.5 Å². The predicted octanol–water partition coefficient (Wildman–Crippen LogP) is 1.58. The molecule has 2 amide bonds. The SMILES string of the molecule is COCCCNC(=O)CN1CCN(C(=O)c2ccccc2SCc2noc(C)n2)CC1. The molecule has 2 aromatic rings. The van der Waals surface area contributed by atoms with Gasteiger partial charge < -0.3 is 19.5 Å². The highest BCUT2D eigenvalue weighted by molar-refractivity contribution is 7.98. The van der Waals surface area contributed by atoms with Gasteiger partial charge in [-0.05, 0) is 18.6 Å². The third kappa shape index (κ3) is 7.05. The Balaban J connectivity index is 1.48. The molecule has 0 bridgehead atoms. The lowest BCUT2D eigenvalue weighted by Gasteiger charge is -2.34. The van der Waals surface area contributed by atoms with Crippen LogP contribution in [-0.4, -0.2) is 84.7 Å². The summed E-state index contributed by atoms with van der Waals surface area (Å²) >= 11 is 1.52. The number of nitrogens with one attached hydrogen (secondary N) is 1. The number of aromatic nitrogens is 2. The molecule has 2 heterocycles. The van der Waals surface area contributed by atoms with Crippen molar-refractivity contribution >= 4 is 23.6 Å². The molecule has 1 N–H and O–H groups in total. The second-order valence-electron chi connectivity index (χ2n) is 7.28. The number of ether oxygens (including phenoxy) is 1. The fourth-order valence-corrected chi connectivity index (χ4v) is 4.18. The van der Waals surface area contributed by atoms with Gasteiger partial charge in [-0.2, -0.15) is 4.98 Å². The van der Waals surface area contributed by atoms with Crippen LogP contribution >= 0.6 is 11.8 Å². The first-order valence-electron chi connectivity index (χ1n) is 10.3. The molecule has 1 aromatic heterocycles. The Hall–Kier alpha value is -2.43. The molecular weight excluding hydrogens is 418 g/mol. The second-order valence-corrected chi connectivity index (χ2v) is 8.30. The molecule has 0 aliphatic carbocycles. The zero-order valence-corrected chi connectivity index (χ0v) is 18.8. The number of amides is 2. The predicted molar refractivity (Wildman–Crippen MR) is 117 cm³/mol. The summed E-state index contributed by atoms with van der Waals surface area (Å²) in [6.07, 6.45) is 0.800. The van der Waals surface area contributed by atoms with E-state index in [1.807, 2.05) is 29.2 Å². The van der Waals surface area contributed by atoms with Crippen LogP contribution in [0.15, 0.2) is 33.7 Å². The van der Waals surface area contributed by atoms with Crippen molar-refractivity contribution in [3.8, 4) is 0 Å². The van der Waals surface area contributed by atoms with Crippen molar-refractivity contribution in [1.29, 1.82) is 0 Å². The summed E-state index contributed by atoms with van der Waals surface area (Å²) < 4.78 is 9.99. The fourth-order valence-electron chi connectivity index (χ4n) is 3.29. The van der Waals surface area contributed by atoms with Crippen LogP contribution in [0, 0.1) is 6.92 Å². The van der Waals surface area contributed by atoms with Crippen molar-refractivity contribution in [1.82, 2.24) is 25.3 Å². The molecule has 0 radical (unpaired) electrons. The van der Waals surface area contributed by atoms with E-state index in [4.69, 9.17) is 9.26 Å². The number of carbonyl (C=O) groups is 2. The number of rotatable bonds is 10. The Morgan fingerprint density at radius 3 is 2.71 bits per heavy atom. The zero-order chi connectivity index (χ0) is 22.1. The normalized spacial score (nSPS) is 14.6. The van der Waals surface area contributed by atoms with E-state index >= 15 is 0 Å². The highest BCUT2D eigenvalue weighted by Gasteiger charge is 2.24. The van der Waals surface area contributed by atoms with Gasteiger partial charge in [-0.25, -0.2) is 0 Å². The van der Waals surface area contributed by atoms with Gasteiger partial charge in [0, 0.05) is 58.3 Å². The fraction of sp³-hybridized carbons (Fsp3) is 0.524. The quantitative estimate of drug-likeness (QED) is 0.433. The summed E-state index contributed by atoms with van der Waals surface area (Å²) in [7, 11) is 1.65. The van der Waals surface area contributed by atoms with E-state index in [1.54, 1.807) is 14.0 Å². The van der Waals surface area contributed by atoms with Crippen LogP contribution in [0.2, 0.25) is 0 Å². The molecule has 1 aliphatic rings. The number of nitrogens with zero attached hydrogens (tertiary/aromatic N) is 4. The molecule has 10 heteroatoms. The van der Waals surface area contributed by atoms with Crippen molar-refractivity contribution in [2.24, 2.45) is 0 Å². The minimum atomic E-state index is 0.00864. The van der Waals surface area contributed by atoms with E-state index in [-0.39, 0.29) is 11.8 Å². The maximum Gasteiger partial charge on any atom is 0.255 e. The molecule has 0 spiro atoms. The summed E-state index contributed by atoms with van der Waals surface area (Å²) in [4.78, 5) is 34.2. The van der Waals surface area contributed by atoms with Crippen molar-refractivity contribution < 1.29 is 18.8 Å². The first-order chi connectivity index (χ1) is 15.1. The number of hydrogen-bond acceptors (Lipinski definition) is 8. The van der Waals surface area contributed by atoms with Crippen molar-refractivity contribution in [2.45, 2.75) is 24.0 Å². The molecule has 1 saturated heterocycles. The van der Waals surface area contributed by atoms with Crippen LogP contribution in [0.25, 0.3) is 0 Å². The van der Waals surface area contributed by atoms with E-state index in [0.29, 0.717) is 68.9 Å². The van der Waals surface area contributed by atoms with Gasteiger partial charge in [0.1, 0.15) is 0 Å². The van der Waals surface area contributed by atoms with E-state index in [0.717, 1.165) is 11.3 Å². The molecule has 0 atom stereocenters. The van der Waals surface area contributed by atoms with E-state index in [2.05, 4.69) is 20.4 Å². The minimum Gasteiger partial charge on any atom is -0.385 e. The van der Waals surface area contributed by atoms with Gasteiger partial charge in [-0.15, -0.1) is 11.8 Å². The number of piperazine rings is 1. The van der Waals surface area contributed by atoms with Gasteiger partial charge in [0.25, 0.3) is 5.91 Å². The first kappa shape index (κ1) is 23.2. The van der Waals surface area contributed by atoms with Crippen LogP contribution < -0.4 is 5.32 Å². The Morgan fingerprint density at radius 1 is 1.23 bits per heavy atom. The topological polar surface area (TPSA) is 101 Å². The number of carbonyl (C=O) groups excluding carboxylic acids is 2. The number of hydrogen-bond donors (Lipinski definition) is 1. The third-order valence-corrected chi connectivity index (χ3v) is 5.99. The molecule has 31 heavy (non-hydrogen) atoms. The summed E-state index contributed by atoms with van der Waals surface area (Å²) in [5, 5.41) is 6.81. The summed E-state index contributed by atoms with van der Waals surface area (Å²) in [5.41, 5.74) is 0.678. The molecular formula is C21H29N5O4S. The average Bonchev–Trinajstić information content (AvgIpc) is 3.20. The number of benzene rings is 1. The second kappa shape index (κ2) is 11.8. The third-order valence-electron chi connectivity index (χ3n) is 4.92. The van der Waals surface area contributed by atoms with Gasteiger partial charge in [0.15, 0.2) is 5.82 Å². The molecule has 168 valence electrons. The lowest BCUT2D eigenvalue weighted by atomic mass is 10.2. The molecule has 1 aliphatic heterocycles. The average molecular weight is 448 g/mol. The van der Waals surface area contributed by atoms with Crippen LogP contribution in [-0.2, 0) is 15.3 Å². The largest absolute Gasteiger partial charge is 0.385 e. The van der Waals surface area contributed by atoms with E-state index in [1.165, 1.54) is 11.8 Å². The first-order valence-corrected chi connectivity index (χ1v) is 11.3. The summed E-state index contributed by atoms with van der Waals surface area (Å²) in [6, 6.07) is 7.59. The van der Waals surface area contributed by atoms with Crippen LogP contribution in [0.5, 0.6) is 0 Å². The molecule has 3 rings (SSSR count). The van der Waals surface area contributed by atoms with Crippen LogP contribution in [0.3, 0.4) is 0 Å². The maximum atomic E-state index is 13.1. The van der Waals surface area contributed by atoms with Crippen molar-refractivity contribution in [3.63, 3.8) is 0 Å². The van der Waals surface area contributed by atoms with Gasteiger partial charge in [-0.1, -0.05) is 17.3 Å². The van der Waals surface area contributed by atoms with Gasteiger partial charge in [-0.3, -0.25) is 14.5 Å². The highest BCUT2D eigenvalue weighted by Crippen LogP contribution is 2.26. The lowest BCUT2D eigenvalue weighted by Crippen LogP contribution is -2.51. The maximum absolute atomic E-state index is 13.1. The van der Waals surface area contributed by atoms with Crippen LogP contribution in [0.4, 0.5) is 0 Å². The van der Waals surface area contributed by atoms with Crippen molar-refractivity contribution in [3.05, 3.63) is 41.5 Å². The van der Waals surface area contributed by atoms with Gasteiger partial charge in [0.2, 0.25) is 11.8 Å². The van der Waals surface area contributed by atoms with Crippen molar-refractivity contribution in [2.75, 3.05) is 53.0 Å². The minimum absolute atomic E-state index is 0.00864. The monoisotopic (exact) mass is 447 g/mol. The highest BCUT2D eigenvalue weighted by atomic mass is 32.2. The smallest absolute Gasteiger partial charge is 0.255 e. The molecule has 9 nitrogen and oxygen atoms in total. The summed E-state index contributed by atoms with van der Waals surface area (Å²) in [5.74, 6) is 1.69. The van der Waals surface area contributed by atoms with E-state index in [9.17, 15) is 9.59 Å². The molecule has 1 aromatic carbocycles.